The number of anilines is 1. The zero-order chi connectivity index (χ0) is 18.3. The Kier molecular flexibility index (Phi) is 3.84. The molecule has 4 aromatic rings. The van der Waals surface area contributed by atoms with Crippen LogP contribution in [0.1, 0.15) is 5.56 Å². The third kappa shape index (κ3) is 2.78. The summed E-state index contributed by atoms with van der Waals surface area (Å²) in [7, 11) is 0. The van der Waals surface area contributed by atoms with Crippen molar-refractivity contribution in [3.8, 4) is 21.7 Å². The standard InChI is InChI=1S/C18H11F3N4S/c19-18(20,21)12-8-13(11-2-1-5-24-9-11)25-17-14(12)15(22)16(26-17)10-3-6-23-7-4-10/h1-9H,22H2. The highest BCUT2D eigenvalue weighted by atomic mass is 32.1. The van der Waals surface area contributed by atoms with Gasteiger partial charge in [0.2, 0.25) is 0 Å². The SMILES string of the molecule is Nc1c(-c2ccncc2)sc2nc(-c3cccnc3)cc(C(F)(F)F)c12. The number of fused-ring (bicyclic) bond motifs is 1. The predicted molar refractivity (Wildman–Crippen MR) is 95.5 cm³/mol. The summed E-state index contributed by atoms with van der Waals surface area (Å²) < 4.78 is 41.1. The molecule has 0 fully saturated rings. The van der Waals surface area contributed by atoms with Gasteiger partial charge in [0.05, 0.1) is 21.8 Å². The Morgan fingerprint density at radius 1 is 0.962 bits per heavy atom. The van der Waals surface area contributed by atoms with Crippen molar-refractivity contribution in [3.05, 3.63) is 60.7 Å². The van der Waals surface area contributed by atoms with Crippen molar-refractivity contribution >= 4 is 27.2 Å². The number of hydrogen-bond acceptors (Lipinski definition) is 5. The lowest BCUT2D eigenvalue weighted by molar-refractivity contribution is -0.136. The molecule has 0 aliphatic carbocycles. The van der Waals surface area contributed by atoms with Gasteiger partial charge in [-0.15, -0.1) is 11.3 Å². The number of alkyl halides is 3. The molecule has 130 valence electrons. The van der Waals surface area contributed by atoms with Crippen LogP contribution in [0.15, 0.2) is 55.1 Å². The molecule has 4 heterocycles. The van der Waals surface area contributed by atoms with Gasteiger partial charge in [-0.1, -0.05) is 0 Å². The molecule has 0 spiro atoms. The Hall–Kier alpha value is -3.00. The van der Waals surface area contributed by atoms with Gasteiger partial charge in [-0.25, -0.2) is 4.98 Å². The lowest BCUT2D eigenvalue weighted by atomic mass is 10.1. The number of aromatic nitrogens is 3. The summed E-state index contributed by atoms with van der Waals surface area (Å²) in [5.74, 6) is 0. The molecule has 0 amide bonds. The van der Waals surface area contributed by atoms with Gasteiger partial charge in [0.1, 0.15) is 4.83 Å². The van der Waals surface area contributed by atoms with E-state index < -0.39 is 11.7 Å². The van der Waals surface area contributed by atoms with Crippen LogP contribution in [0.2, 0.25) is 0 Å². The minimum atomic E-state index is -4.55. The highest BCUT2D eigenvalue weighted by Gasteiger charge is 2.35. The van der Waals surface area contributed by atoms with Gasteiger partial charge in [0, 0.05) is 35.7 Å². The van der Waals surface area contributed by atoms with E-state index in [-0.39, 0.29) is 21.6 Å². The molecule has 4 nitrogen and oxygen atoms in total. The molecule has 0 radical (unpaired) electrons. The molecule has 0 unspecified atom stereocenters. The average molecular weight is 372 g/mol. The maximum absolute atomic E-state index is 13.7. The van der Waals surface area contributed by atoms with Crippen LogP contribution in [0.4, 0.5) is 18.9 Å². The number of nitrogens with zero attached hydrogens (tertiary/aromatic N) is 3. The Balaban J connectivity index is 2.03. The van der Waals surface area contributed by atoms with E-state index in [1.165, 1.54) is 6.20 Å². The third-order valence-electron chi connectivity index (χ3n) is 3.90. The van der Waals surface area contributed by atoms with Crippen molar-refractivity contribution in [2.45, 2.75) is 6.18 Å². The second-order valence-electron chi connectivity index (χ2n) is 5.56. The van der Waals surface area contributed by atoms with Gasteiger partial charge < -0.3 is 5.73 Å². The second-order valence-corrected chi connectivity index (χ2v) is 6.55. The highest BCUT2D eigenvalue weighted by Crippen LogP contribution is 2.46. The molecule has 4 aromatic heterocycles. The minimum Gasteiger partial charge on any atom is -0.397 e. The number of nitrogen functional groups attached to an aromatic ring is 1. The molecule has 0 aliphatic rings. The summed E-state index contributed by atoms with van der Waals surface area (Å²) in [6.45, 7) is 0. The van der Waals surface area contributed by atoms with E-state index in [1.54, 1.807) is 42.9 Å². The molecule has 0 atom stereocenters. The maximum atomic E-state index is 13.7. The Labute approximate surface area is 150 Å². The van der Waals surface area contributed by atoms with Crippen LogP contribution in [0, 0.1) is 0 Å². The number of thiophene rings is 1. The third-order valence-corrected chi connectivity index (χ3v) is 5.05. The Bertz CT molecular complexity index is 1080. The molecule has 26 heavy (non-hydrogen) atoms. The molecular weight excluding hydrogens is 361 g/mol. The van der Waals surface area contributed by atoms with Gasteiger partial charge in [-0.05, 0) is 35.9 Å². The Morgan fingerprint density at radius 2 is 1.73 bits per heavy atom. The van der Waals surface area contributed by atoms with Gasteiger partial charge in [0.25, 0.3) is 0 Å². The zero-order valence-electron chi connectivity index (χ0n) is 13.2. The molecule has 2 N–H and O–H groups in total. The average Bonchev–Trinajstić information content (AvgIpc) is 2.98. The van der Waals surface area contributed by atoms with Gasteiger partial charge in [0.15, 0.2) is 0 Å². The fourth-order valence-electron chi connectivity index (χ4n) is 2.72. The van der Waals surface area contributed by atoms with Crippen LogP contribution < -0.4 is 5.73 Å². The van der Waals surface area contributed by atoms with Gasteiger partial charge >= 0.3 is 6.18 Å². The number of nitrogens with two attached hydrogens (primary N) is 1. The van der Waals surface area contributed by atoms with E-state index in [4.69, 9.17) is 5.73 Å². The molecule has 0 aromatic carbocycles. The van der Waals surface area contributed by atoms with E-state index in [1.807, 2.05) is 0 Å². The first kappa shape index (κ1) is 16.5. The molecule has 0 aliphatic heterocycles. The normalized spacial score (nSPS) is 11.8. The van der Waals surface area contributed by atoms with Crippen LogP contribution in [-0.4, -0.2) is 15.0 Å². The van der Waals surface area contributed by atoms with Crippen LogP contribution in [0.25, 0.3) is 31.9 Å². The molecule has 8 heteroatoms. The molecule has 0 saturated carbocycles. The van der Waals surface area contributed by atoms with Crippen molar-refractivity contribution in [2.75, 3.05) is 5.73 Å². The van der Waals surface area contributed by atoms with Crippen LogP contribution >= 0.6 is 11.3 Å². The minimum absolute atomic E-state index is 0.0676. The van der Waals surface area contributed by atoms with E-state index in [0.717, 1.165) is 17.4 Å². The number of halogens is 3. The van der Waals surface area contributed by atoms with E-state index in [0.29, 0.717) is 16.0 Å². The summed E-state index contributed by atoms with van der Waals surface area (Å²) >= 11 is 1.13. The summed E-state index contributed by atoms with van der Waals surface area (Å²) in [6, 6.07) is 7.76. The summed E-state index contributed by atoms with van der Waals surface area (Å²) in [6.07, 6.45) is 1.62. The summed E-state index contributed by atoms with van der Waals surface area (Å²) in [4.78, 5) is 13.1. The summed E-state index contributed by atoms with van der Waals surface area (Å²) in [5.41, 5.74) is 6.80. The number of hydrogen-bond donors (Lipinski definition) is 1. The van der Waals surface area contributed by atoms with Crippen LogP contribution in [0.5, 0.6) is 0 Å². The fraction of sp³-hybridized carbons (Fsp3) is 0.0556. The van der Waals surface area contributed by atoms with Crippen molar-refractivity contribution in [1.29, 1.82) is 0 Å². The van der Waals surface area contributed by atoms with Crippen LogP contribution in [0.3, 0.4) is 0 Å². The lowest BCUT2D eigenvalue weighted by Gasteiger charge is -2.11. The van der Waals surface area contributed by atoms with Gasteiger partial charge in [-0.3, -0.25) is 9.97 Å². The number of rotatable bonds is 2. The molecule has 4 rings (SSSR count). The van der Waals surface area contributed by atoms with Crippen molar-refractivity contribution in [2.24, 2.45) is 0 Å². The summed E-state index contributed by atoms with van der Waals surface area (Å²) in [5, 5.41) is -0.0676. The zero-order valence-corrected chi connectivity index (χ0v) is 14.0. The van der Waals surface area contributed by atoms with Crippen molar-refractivity contribution in [3.63, 3.8) is 0 Å². The number of pyridine rings is 3. The first-order valence-electron chi connectivity index (χ1n) is 7.56. The van der Waals surface area contributed by atoms with Crippen LogP contribution in [-0.2, 0) is 6.18 Å². The van der Waals surface area contributed by atoms with E-state index >= 15 is 0 Å². The second kappa shape index (κ2) is 6.06. The van der Waals surface area contributed by atoms with E-state index in [9.17, 15) is 13.2 Å². The lowest BCUT2D eigenvalue weighted by Crippen LogP contribution is -2.07. The largest absolute Gasteiger partial charge is 0.417 e. The Morgan fingerprint density at radius 3 is 2.38 bits per heavy atom. The maximum Gasteiger partial charge on any atom is 0.417 e. The topological polar surface area (TPSA) is 64.7 Å². The molecule has 0 bridgehead atoms. The molecule has 0 saturated heterocycles. The van der Waals surface area contributed by atoms with Crippen molar-refractivity contribution in [1.82, 2.24) is 15.0 Å². The quantitative estimate of drug-likeness (QED) is 0.536. The van der Waals surface area contributed by atoms with Gasteiger partial charge in [-0.2, -0.15) is 13.2 Å². The smallest absolute Gasteiger partial charge is 0.397 e. The monoisotopic (exact) mass is 372 g/mol. The first-order valence-corrected chi connectivity index (χ1v) is 8.38. The fourth-order valence-corrected chi connectivity index (χ4v) is 3.85. The predicted octanol–water partition coefficient (Wildman–Crippen LogP) is 5.02. The highest BCUT2D eigenvalue weighted by molar-refractivity contribution is 7.22. The molecular formula is C18H11F3N4S. The van der Waals surface area contributed by atoms with E-state index in [2.05, 4.69) is 15.0 Å². The first-order chi connectivity index (χ1) is 12.4. The van der Waals surface area contributed by atoms with Crippen molar-refractivity contribution < 1.29 is 13.2 Å².